The first-order valence-corrected chi connectivity index (χ1v) is 6.42. The van der Waals surface area contributed by atoms with Gasteiger partial charge in [-0.25, -0.2) is 0 Å². The molecule has 0 radical (unpaired) electrons. The van der Waals surface area contributed by atoms with Crippen LogP contribution in [0.3, 0.4) is 0 Å². The molecule has 1 saturated carbocycles. The number of amides is 1. The number of ether oxygens (including phenoxy) is 1. The Labute approximate surface area is 107 Å². The summed E-state index contributed by atoms with van der Waals surface area (Å²) in [6, 6.07) is 7.57. The molecule has 1 heterocycles. The van der Waals surface area contributed by atoms with Crippen LogP contribution in [0.4, 0.5) is 0 Å². The van der Waals surface area contributed by atoms with Crippen molar-refractivity contribution in [2.45, 2.75) is 31.5 Å². The number of fused-ring (bicyclic) bond motifs is 1. The third-order valence-corrected chi connectivity index (χ3v) is 4.13. The highest BCUT2D eigenvalue weighted by Gasteiger charge is 2.52. The second-order valence-electron chi connectivity index (χ2n) is 5.18. The Hall–Kier alpha value is -1.39. The summed E-state index contributed by atoms with van der Waals surface area (Å²) in [5.74, 6) is 0.370. The summed E-state index contributed by atoms with van der Waals surface area (Å²) >= 11 is 0. The van der Waals surface area contributed by atoms with Crippen molar-refractivity contribution in [3.63, 3.8) is 0 Å². The van der Waals surface area contributed by atoms with Gasteiger partial charge >= 0.3 is 0 Å². The lowest BCUT2D eigenvalue weighted by Gasteiger charge is -2.45. The van der Waals surface area contributed by atoms with Gasteiger partial charge in [-0.1, -0.05) is 18.2 Å². The van der Waals surface area contributed by atoms with E-state index in [0.717, 1.165) is 18.6 Å². The van der Waals surface area contributed by atoms with Crippen molar-refractivity contribution in [2.24, 2.45) is 11.7 Å². The monoisotopic (exact) mass is 246 g/mol. The van der Waals surface area contributed by atoms with Crippen LogP contribution in [0, 0.1) is 12.8 Å². The summed E-state index contributed by atoms with van der Waals surface area (Å²) < 4.78 is 5.61. The highest BCUT2D eigenvalue weighted by molar-refractivity contribution is 5.95. The highest BCUT2D eigenvalue weighted by atomic mass is 16.5. The lowest BCUT2D eigenvalue weighted by atomic mass is 9.72. The minimum Gasteiger partial charge on any atom is -0.376 e. The van der Waals surface area contributed by atoms with Crippen molar-refractivity contribution in [1.29, 1.82) is 0 Å². The van der Waals surface area contributed by atoms with Crippen LogP contribution in [-0.4, -0.2) is 30.7 Å². The van der Waals surface area contributed by atoms with Crippen molar-refractivity contribution >= 4 is 5.91 Å². The molecule has 1 amide bonds. The van der Waals surface area contributed by atoms with Crippen molar-refractivity contribution in [3.05, 3.63) is 35.4 Å². The van der Waals surface area contributed by atoms with E-state index in [1.54, 1.807) is 0 Å². The van der Waals surface area contributed by atoms with Gasteiger partial charge < -0.3 is 15.8 Å². The fourth-order valence-electron chi connectivity index (χ4n) is 2.98. The quantitative estimate of drug-likeness (QED) is 0.812. The largest absolute Gasteiger partial charge is 0.376 e. The van der Waals surface area contributed by atoms with Gasteiger partial charge in [0.05, 0.1) is 12.1 Å². The molecular weight excluding hydrogens is 228 g/mol. The Kier molecular flexibility index (Phi) is 2.84. The number of aryl methyl sites for hydroxylation is 1. The first-order chi connectivity index (χ1) is 8.68. The molecule has 2 fully saturated rings. The predicted octanol–water partition coefficient (Wildman–Crippen LogP) is 0.839. The highest BCUT2D eigenvalue weighted by Crippen LogP contribution is 2.37. The molecule has 2 aliphatic rings. The summed E-state index contributed by atoms with van der Waals surface area (Å²) in [4.78, 5) is 12.2. The number of hydrogen-bond acceptors (Lipinski definition) is 3. The molecule has 0 aromatic heterocycles. The van der Waals surface area contributed by atoms with Crippen LogP contribution < -0.4 is 11.1 Å². The number of hydrogen-bond donors (Lipinski definition) is 2. The zero-order chi connectivity index (χ0) is 12.7. The van der Waals surface area contributed by atoms with Crippen LogP contribution in [0.25, 0.3) is 0 Å². The second kappa shape index (κ2) is 4.37. The normalized spacial score (nSPS) is 33.7. The first-order valence-electron chi connectivity index (χ1n) is 6.42. The molecule has 3 N–H and O–H groups in total. The molecule has 1 aromatic rings. The van der Waals surface area contributed by atoms with E-state index in [9.17, 15) is 4.79 Å². The van der Waals surface area contributed by atoms with Gasteiger partial charge in [0, 0.05) is 24.1 Å². The van der Waals surface area contributed by atoms with Crippen LogP contribution in [-0.2, 0) is 4.74 Å². The molecular formula is C14H18N2O2. The van der Waals surface area contributed by atoms with Gasteiger partial charge in [0.2, 0.25) is 0 Å². The van der Waals surface area contributed by atoms with E-state index in [2.05, 4.69) is 5.32 Å². The van der Waals surface area contributed by atoms with Gasteiger partial charge in [-0.2, -0.15) is 0 Å². The minimum absolute atomic E-state index is 0.0328. The van der Waals surface area contributed by atoms with Gasteiger partial charge in [-0.05, 0) is 25.0 Å². The zero-order valence-electron chi connectivity index (χ0n) is 10.4. The Bertz CT molecular complexity index is 475. The molecule has 0 spiro atoms. The molecule has 4 unspecified atom stereocenters. The number of carbonyl (C=O) groups excluding carboxylic acids is 1. The summed E-state index contributed by atoms with van der Waals surface area (Å²) in [5, 5.41) is 3.01. The van der Waals surface area contributed by atoms with Gasteiger partial charge in [-0.15, -0.1) is 0 Å². The summed E-state index contributed by atoms with van der Waals surface area (Å²) in [7, 11) is 0. The van der Waals surface area contributed by atoms with Crippen molar-refractivity contribution in [2.75, 3.05) is 6.61 Å². The van der Waals surface area contributed by atoms with Crippen LogP contribution >= 0.6 is 0 Å². The van der Waals surface area contributed by atoms with Crippen LogP contribution in [0.15, 0.2) is 24.3 Å². The van der Waals surface area contributed by atoms with Crippen LogP contribution in [0.2, 0.25) is 0 Å². The zero-order valence-corrected chi connectivity index (χ0v) is 10.4. The third-order valence-electron chi connectivity index (χ3n) is 4.13. The van der Waals surface area contributed by atoms with Crippen molar-refractivity contribution in [1.82, 2.24) is 5.32 Å². The second-order valence-corrected chi connectivity index (χ2v) is 5.18. The maximum absolute atomic E-state index is 12.2. The van der Waals surface area contributed by atoms with E-state index in [4.69, 9.17) is 10.5 Å². The average Bonchev–Trinajstić information content (AvgIpc) is 2.81. The van der Waals surface area contributed by atoms with E-state index in [0.29, 0.717) is 11.5 Å². The Morgan fingerprint density at radius 2 is 2.22 bits per heavy atom. The molecule has 3 rings (SSSR count). The minimum atomic E-state index is -0.0532. The van der Waals surface area contributed by atoms with E-state index >= 15 is 0 Å². The fraction of sp³-hybridized carbons (Fsp3) is 0.500. The lowest BCUT2D eigenvalue weighted by molar-refractivity contribution is -0.0161. The number of nitrogens with two attached hydrogens (primary N) is 1. The Balaban J connectivity index is 1.70. The van der Waals surface area contributed by atoms with Gasteiger partial charge in [0.15, 0.2) is 0 Å². The molecule has 1 saturated heterocycles. The topological polar surface area (TPSA) is 64.4 Å². The molecule has 0 bridgehead atoms. The van der Waals surface area contributed by atoms with Crippen molar-refractivity contribution in [3.8, 4) is 0 Å². The van der Waals surface area contributed by atoms with E-state index in [-0.39, 0.29) is 24.1 Å². The number of benzene rings is 1. The molecule has 4 heteroatoms. The van der Waals surface area contributed by atoms with E-state index in [1.165, 1.54) is 0 Å². The standard InChI is InChI=1S/C14H18N2O2/c1-8-4-2-3-5-9(8)14(17)16-12-11(15)10-6-7-18-13(10)12/h2-5,10-13H,6-7,15H2,1H3,(H,16,17). The molecule has 18 heavy (non-hydrogen) atoms. The van der Waals surface area contributed by atoms with Crippen molar-refractivity contribution < 1.29 is 9.53 Å². The molecule has 4 nitrogen and oxygen atoms in total. The molecule has 4 atom stereocenters. The van der Waals surface area contributed by atoms with Gasteiger partial charge in [0.25, 0.3) is 5.91 Å². The summed E-state index contributed by atoms with van der Waals surface area (Å²) in [5.41, 5.74) is 7.77. The SMILES string of the molecule is Cc1ccccc1C(=O)NC1C(N)C2CCOC21. The fourth-order valence-corrected chi connectivity index (χ4v) is 2.98. The van der Waals surface area contributed by atoms with Crippen LogP contribution in [0.1, 0.15) is 22.3 Å². The molecule has 1 aromatic carbocycles. The summed E-state index contributed by atoms with van der Waals surface area (Å²) in [6.45, 7) is 2.70. The third kappa shape index (κ3) is 1.72. The predicted molar refractivity (Wildman–Crippen MR) is 68.3 cm³/mol. The van der Waals surface area contributed by atoms with E-state index < -0.39 is 0 Å². The van der Waals surface area contributed by atoms with E-state index in [1.807, 2.05) is 31.2 Å². The van der Waals surface area contributed by atoms with Gasteiger partial charge in [0.1, 0.15) is 0 Å². The number of rotatable bonds is 2. The Morgan fingerprint density at radius 1 is 1.44 bits per heavy atom. The van der Waals surface area contributed by atoms with Crippen LogP contribution in [0.5, 0.6) is 0 Å². The maximum atomic E-state index is 12.2. The number of carbonyl (C=O) groups is 1. The Morgan fingerprint density at radius 3 is 3.00 bits per heavy atom. The lowest BCUT2D eigenvalue weighted by Crippen LogP contribution is -2.69. The molecule has 1 aliphatic carbocycles. The molecule has 96 valence electrons. The average molecular weight is 246 g/mol. The summed E-state index contributed by atoms with van der Waals surface area (Å²) in [6.07, 6.45) is 1.13. The first kappa shape index (κ1) is 11.7. The molecule has 1 aliphatic heterocycles. The smallest absolute Gasteiger partial charge is 0.251 e. The van der Waals surface area contributed by atoms with Gasteiger partial charge in [-0.3, -0.25) is 4.79 Å². The number of nitrogens with one attached hydrogen (secondary N) is 1. The maximum Gasteiger partial charge on any atom is 0.251 e.